The Morgan fingerprint density at radius 2 is 1.91 bits per heavy atom. The molecule has 2 N–H and O–H groups in total. The van der Waals surface area contributed by atoms with E-state index in [-0.39, 0.29) is 0 Å². The summed E-state index contributed by atoms with van der Waals surface area (Å²) in [4.78, 5) is 9.09. The maximum absolute atomic E-state index is 5.24. The molecule has 1 heterocycles. The van der Waals surface area contributed by atoms with Crippen molar-refractivity contribution in [1.29, 1.82) is 0 Å². The van der Waals surface area contributed by atoms with Crippen LogP contribution in [0.4, 0.5) is 11.8 Å². The van der Waals surface area contributed by atoms with Gasteiger partial charge in [0.05, 0.1) is 12.6 Å². The number of aromatic nitrogens is 2. The lowest BCUT2D eigenvalue weighted by Crippen LogP contribution is -2.09. The molecular formula is C18H20N4O. The Bertz CT molecular complexity index is 804. The van der Waals surface area contributed by atoms with Crippen molar-refractivity contribution in [3.63, 3.8) is 0 Å². The van der Waals surface area contributed by atoms with Crippen LogP contribution < -0.4 is 15.4 Å². The Morgan fingerprint density at radius 3 is 2.74 bits per heavy atom. The average molecular weight is 308 g/mol. The Hall–Kier alpha value is -2.82. The quantitative estimate of drug-likeness (QED) is 0.731. The third-order valence-electron chi connectivity index (χ3n) is 3.67. The van der Waals surface area contributed by atoms with Gasteiger partial charge in [-0.15, -0.1) is 0 Å². The Morgan fingerprint density at radius 1 is 1.04 bits per heavy atom. The number of methoxy groups -OCH3 is 1. The predicted molar refractivity (Wildman–Crippen MR) is 94.3 cm³/mol. The van der Waals surface area contributed by atoms with Gasteiger partial charge >= 0.3 is 0 Å². The van der Waals surface area contributed by atoms with E-state index in [1.54, 1.807) is 7.11 Å². The van der Waals surface area contributed by atoms with E-state index in [4.69, 9.17) is 4.74 Å². The Balaban J connectivity index is 1.71. The number of nitrogens with zero attached hydrogens (tertiary/aromatic N) is 2. The van der Waals surface area contributed by atoms with Gasteiger partial charge < -0.3 is 15.4 Å². The maximum atomic E-state index is 5.24. The van der Waals surface area contributed by atoms with Crippen LogP contribution in [-0.4, -0.2) is 30.7 Å². The van der Waals surface area contributed by atoms with E-state index in [9.17, 15) is 0 Å². The zero-order valence-electron chi connectivity index (χ0n) is 13.3. The third-order valence-corrected chi connectivity index (χ3v) is 3.67. The number of rotatable bonds is 6. The van der Waals surface area contributed by atoms with Crippen molar-refractivity contribution in [3.8, 4) is 5.75 Å². The van der Waals surface area contributed by atoms with E-state index in [1.165, 1.54) is 5.56 Å². The van der Waals surface area contributed by atoms with Crippen LogP contribution in [0.5, 0.6) is 5.75 Å². The highest BCUT2D eigenvalue weighted by molar-refractivity contribution is 5.89. The lowest BCUT2D eigenvalue weighted by molar-refractivity contribution is 0.414. The molecule has 5 heteroatoms. The zero-order valence-corrected chi connectivity index (χ0v) is 13.3. The van der Waals surface area contributed by atoms with Crippen molar-refractivity contribution in [2.24, 2.45) is 0 Å². The van der Waals surface area contributed by atoms with E-state index >= 15 is 0 Å². The molecule has 0 atom stereocenters. The van der Waals surface area contributed by atoms with Gasteiger partial charge in [0.2, 0.25) is 5.95 Å². The highest BCUT2D eigenvalue weighted by Crippen LogP contribution is 2.21. The molecule has 1 aromatic heterocycles. The van der Waals surface area contributed by atoms with Crippen molar-refractivity contribution in [2.45, 2.75) is 6.42 Å². The summed E-state index contributed by atoms with van der Waals surface area (Å²) in [5.41, 5.74) is 2.14. The number of benzene rings is 2. The number of hydrogen-bond donors (Lipinski definition) is 2. The molecule has 0 aliphatic rings. The molecule has 5 nitrogen and oxygen atoms in total. The first-order valence-corrected chi connectivity index (χ1v) is 7.61. The SMILES string of the molecule is CNc1nc(NCCc2cccc(OC)c2)nc2ccccc12. The van der Waals surface area contributed by atoms with Gasteiger partial charge in [0.1, 0.15) is 11.6 Å². The van der Waals surface area contributed by atoms with Gasteiger partial charge in [0.25, 0.3) is 0 Å². The fourth-order valence-corrected chi connectivity index (χ4v) is 2.49. The first kappa shape index (κ1) is 15.1. The average Bonchev–Trinajstić information content (AvgIpc) is 2.61. The van der Waals surface area contributed by atoms with Gasteiger partial charge in [-0.25, -0.2) is 4.98 Å². The number of ether oxygens (including phenoxy) is 1. The molecule has 3 aromatic rings. The van der Waals surface area contributed by atoms with Crippen molar-refractivity contribution >= 4 is 22.7 Å². The van der Waals surface area contributed by atoms with Crippen LogP contribution in [0.1, 0.15) is 5.56 Å². The minimum atomic E-state index is 0.635. The van der Waals surface area contributed by atoms with Crippen LogP contribution in [0.3, 0.4) is 0 Å². The molecule has 3 rings (SSSR count). The molecule has 0 aliphatic heterocycles. The molecule has 0 fully saturated rings. The van der Waals surface area contributed by atoms with Gasteiger partial charge in [-0.2, -0.15) is 4.98 Å². The molecule has 0 unspecified atom stereocenters. The van der Waals surface area contributed by atoms with E-state index < -0.39 is 0 Å². The first-order chi connectivity index (χ1) is 11.3. The van der Waals surface area contributed by atoms with E-state index in [0.717, 1.165) is 35.4 Å². The van der Waals surface area contributed by atoms with Gasteiger partial charge in [-0.3, -0.25) is 0 Å². The third kappa shape index (κ3) is 3.51. The number of para-hydroxylation sites is 1. The molecular weight excluding hydrogens is 288 g/mol. The minimum Gasteiger partial charge on any atom is -0.497 e. The summed E-state index contributed by atoms with van der Waals surface area (Å²) in [5, 5.41) is 7.44. The fraction of sp³-hybridized carbons (Fsp3) is 0.222. The van der Waals surface area contributed by atoms with Crippen LogP contribution >= 0.6 is 0 Å². The monoisotopic (exact) mass is 308 g/mol. The maximum Gasteiger partial charge on any atom is 0.225 e. The molecule has 0 radical (unpaired) electrons. The van der Waals surface area contributed by atoms with Gasteiger partial charge in [-0.1, -0.05) is 24.3 Å². The number of nitrogens with one attached hydrogen (secondary N) is 2. The van der Waals surface area contributed by atoms with Gasteiger partial charge in [-0.05, 0) is 36.2 Å². The molecule has 0 amide bonds. The topological polar surface area (TPSA) is 59.1 Å². The van der Waals surface area contributed by atoms with Crippen LogP contribution in [0.15, 0.2) is 48.5 Å². The molecule has 0 saturated carbocycles. The largest absolute Gasteiger partial charge is 0.497 e. The molecule has 0 saturated heterocycles. The van der Waals surface area contributed by atoms with Gasteiger partial charge in [0, 0.05) is 19.0 Å². The van der Waals surface area contributed by atoms with Crippen molar-refractivity contribution in [1.82, 2.24) is 9.97 Å². The molecule has 23 heavy (non-hydrogen) atoms. The molecule has 118 valence electrons. The minimum absolute atomic E-state index is 0.635. The summed E-state index contributed by atoms with van der Waals surface area (Å²) < 4.78 is 5.24. The van der Waals surface area contributed by atoms with Crippen LogP contribution in [0.2, 0.25) is 0 Å². The molecule has 2 aromatic carbocycles. The highest BCUT2D eigenvalue weighted by Gasteiger charge is 2.05. The standard InChI is InChI=1S/C18H20N4O/c1-19-17-15-8-3-4-9-16(15)21-18(22-17)20-11-10-13-6-5-7-14(12-13)23-2/h3-9,12H,10-11H2,1-2H3,(H2,19,20,21,22). The second-order valence-corrected chi connectivity index (χ2v) is 5.19. The lowest BCUT2D eigenvalue weighted by atomic mass is 10.1. The molecule has 0 bridgehead atoms. The lowest BCUT2D eigenvalue weighted by Gasteiger charge is -2.10. The molecule has 0 spiro atoms. The smallest absolute Gasteiger partial charge is 0.225 e. The Kier molecular flexibility index (Phi) is 4.57. The van der Waals surface area contributed by atoms with Crippen molar-refractivity contribution < 1.29 is 4.74 Å². The summed E-state index contributed by atoms with van der Waals surface area (Å²) in [5.74, 6) is 2.34. The number of hydrogen-bond acceptors (Lipinski definition) is 5. The summed E-state index contributed by atoms with van der Waals surface area (Å²) in [6.07, 6.45) is 0.877. The van der Waals surface area contributed by atoms with Crippen molar-refractivity contribution in [3.05, 3.63) is 54.1 Å². The summed E-state index contributed by atoms with van der Waals surface area (Å²) in [6.45, 7) is 0.759. The summed E-state index contributed by atoms with van der Waals surface area (Å²) in [7, 11) is 3.55. The summed E-state index contributed by atoms with van der Waals surface area (Å²) >= 11 is 0. The van der Waals surface area contributed by atoms with Crippen LogP contribution in [-0.2, 0) is 6.42 Å². The van der Waals surface area contributed by atoms with Crippen molar-refractivity contribution in [2.75, 3.05) is 31.3 Å². The normalized spacial score (nSPS) is 10.5. The van der Waals surface area contributed by atoms with E-state index in [1.807, 2.05) is 49.5 Å². The van der Waals surface area contributed by atoms with Crippen LogP contribution in [0, 0.1) is 0 Å². The second kappa shape index (κ2) is 6.96. The predicted octanol–water partition coefficient (Wildman–Crippen LogP) is 3.33. The second-order valence-electron chi connectivity index (χ2n) is 5.19. The zero-order chi connectivity index (χ0) is 16.1. The van der Waals surface area contributed by atoms with Crippen LogP contribution in [0.25, 0.3) is 10.9 Å². The number of fused-ring (bicyclic) bond motifs is 1. The molecule has 0 aliphatic carbocycles. The first-order valence-electron chi connectivity index (χ1n) is 7.61. The van der Waals surface area contributed by atoms with Gasteiger partial charge in [0.15, 0.2) is 0 Å². The van der Waals surface area contributed by atoms with E-state index in [0.29, 0.717) is 5.95 Å². The fourth-order valence-electron chi connectivity index (χ4n) is 2.49. The highest BCUT2D eigenvalue weighted by atomic mass is 16.5. The Labute approximate surface area is 135 Å². The number of anilines is 2. The van der Waals surface area contributed by atoms with E-state index in [2.05, 4.69) is 26.7 Å². The summed E-state index contributed by atoms with van der Waals surface area (Å²) in [6, 6.07) is 16.1.